The molecule has 0 aromatic heterocycles. The summed E-state index contributed by atoms with van der Waals surface area (Å²) in [5.74, 6) is 0.255. The molecule has 0 saturated heterocycles. The molecule has 1 nitrogen and oxygen atoms in total. The molecule has 0 aliphatic heterocycles. The molecule has 0 radical (unpaired) electrons. The van der Waals surface area contributed by atoms with Crippen molar-refractivity contribution in [1.29, 1.82) is 0 Å². The van der Waals surface area contributed by atoms with Crippen LogP contribution in [0.5, 0.6) is 0 Å². The van der Waals surface area contributed by atoms with Gasteiger partial charge >= 0.3 is 0 Å². The van der Waals surface area contributed by atoms with Gasteiger partial charge < -0.3 is 0 Å². The monoisotopic (exact) mass is 212 g/mol. The van der Waals surface area contributed by atoms with E-state index in [1.807, 2.05) is 6.26 Å². The van der Waals surface area contributed by atoms with E-state index in [2.05, 4.69) is 0 Å². The standard InChI is InChI=1S/C11H13FOS/c1-8-4-3-5-9(11(8)12)10(13)6-7-14-2/h3-5H,6-7H2,1-2H3. The van der Waals surface area contributed by atoms with Crippen molar-refractivity contribution < 1.29 is 9.18 Å². The van der Waals surface area contributed by atoms with Crippen molar-refractivity contribution in [2.75, 3.05) is 12.0 Å². The van der Waals surface area contributed by atoms with Gasteiger partial charge in [-0.1, -0.05) is 12.1 Å². The lowest BCUT2D eigenvalue weighted by atomic mass is 10.1. The summed E-state index contributed by atoms with van der Waals surface area (Å²) < 4.78 is 13.5. The van der Waals surface area contributed by atoms with Crippen LogP contribution in [-0.4, -0.2) is 17.8 Å². The molecule has 0 amide bonds. The minimum absolute atomic E-state index is 0.111. The number of Topliss-reactive ketones (excluding diaryl/α,β-unsaturated/α-hetero) is 1. The van der Waals surface area contributed by atoms with E-state index in [0.717, 1.165) is 5.75 Å². The van der Waals surface area contributed by atoms with Gasteiger partial charge in [0, 0.05) is 12.2 Å². The predicted molar refractivity (Wildman–Crippen MR) is 58.5 cm³/mol. The van der Waals surface area contributed by atoms with Crippen molar-refractivity contribution in [3.05, 3.63) is 35.1 Å². The Morgan fingerprint density at radius 1 is 1.50 bits per heavy atom. The Morgan fingerprint density at radius 3 is 2.86 bits per heavy atom. The second-order valence-corrected chi connectivity index (χ2v) is 4.09. The Morgan fingerprint density at radius 2 is 2.21 bits per heavy atom. The highest BCUT2D eigenvalue weighted by atomic mass is 32.2. The first-order valence-corrected chi connectivity index (χ1v) is 5.83. The Hall–Kier alpha value is -0.830. The van der Waals surface area contributed by atoms with Crippen LogP contribution in [0.1, 0.15) is 22.3 Å². The molecule has 0 atom stereocenters. The van der Waals surface area contributed by atoms with Gasteiger partial charge in [-0.05, 0) is 24.8 Å². The highest BCUT2D eigenvalue weighted by molar-refractivity contribution is 7.98. The molecule has 0 heterocycles. The van der Waals surface area contributed by atoms with E-state index in [9.17, 15) is 9.18 Å². The molecule has 1 aromatic rings. The van der Waals surface area contributed by atoms with E-state index in [-0.39, 0.29) is 17.2 Å². The van der Waals surface area contributed by atoms with Crippen LogP contribution >= 0.6 is 11.8 Å². The summed E-state index contributed by atoms with van der Waals surface area (Å²) in [4.78, 5) is 11.5. The van der Waals surface area contributed by atoms with Crippen molar-refractivity contribution in [3.63, 3.8) is 0 Å². The average molecular weight is 212 g/mol. The molecule has 0 bridgehead atoms. The van der Waals surface area contributed by atoms with Crippen molar-refractivity contribution in [3.8, 4) is 0 Å². The quantitative estimate of drug-likeness (QED) is 0.713. The van der Waals surface area contributed by atoms with Gasteiger partial charge in [0.25, 0.3) is 0 Å². The number of hydrogen-bond acceptors (Lipinski definition) is 2. The first kappa shape index (κ1) is 11.2. The normalized spacial score (nSPS) is 10.2. The number of aryl methyl sites for hydroxylation is 1. The first-order chi connectivity index (χ1) is 6.66. The number of halogens is 1. The minimum atomic E-state index is -0.376. The van der Waals surface area contributed by atoms with Crippen LogP contribution in [0.15, 0.2) is 18.2 Å². The number of rotatable bonds is 4. The van der Waals surface area contributed by atoms with Gasteiger partial charge in [0.15, 0.2) is 5.78 Å². The zero-order valence-electron chi connectivity index (χ0n) is 8.34. The summed E-state index contributed by atoms with van der Waals surface area (Å²) in [6, 6.07) is 4.93. The van der Waals surface area contributed by atoms with Crippen molar-refractivity contribution in [2.24, 2.45) is 0 Å². The molecule has 0 fully saturated rings. The molecule has 0 spiro atoms. The summed E-state index contributed by atoms with van der Waals surface area (Å²) in [6.07, 6.45) is 2.33. The zero-order valence-corrected chi connectivity index (χ0v) is 9.16. The topological polar surface area (TPSA) is 17.1 Å². The minimum Gasteiger partial charge on any atom is -0.294 e. The summed E-state index contributed by atoms with van der Waals surface area (Å²) in [7, 11) is 0. The van der Waals surface area contributed by atoms with Crippen LogP contribution in [0.4, 0.5) is 4.39 Å². The second kappa shape index (κ2) is 5.15. The van der Waals surface area contributed by atoms with Gasteiger partial charge in [-0.3, -0.25) is 4.79 Å². The first-order valence-electron chi connectivity index (χ1n) is 4.44. The van der Waals surface area contributed by atoms with E-state index < -0.39 is 0 Å². The second-order valence-electron chi connectivity index (χ2n) is 3.10. The number of ketones is 1. The molecule has 1 rings (SSSR count). The molecule has 0 N–H and O–H groups in total. The highest BCUT2D eigenvalue weighted by Gasteiger charge is 2.11. The summed E-state index contributed by atoms with van der Waals surface area (Å²) in [5, 5.41) is 0. The van der Waals surface area contributed by atoms with Crippen molar-refractivity contribution >= 4 is 17.5 Å². The van der Waals surface area contributed by atoms with Crippen LogP contribution < -0.4 is 0 Å². The molecule has 0 aliphatic rings. The van der Waals surface area contributed by atoms with Gasteiger partial charge in [-0.15, -0.1) is 0 Å². The maximum Gasteiger partial charge on any atom is 0.166 e. The largest absolute Gasteiger partial charge is 0.294 e. The number of hydrogen-bond donors (Lipinski definition) is 0. The Balaban J connectivity index is 2.84. The molecule has 0 unspecified atom stereocenters. The van der Waals surface area contributed by atoms with E-state index >= 15 is 0 Å². The van der Waals surface area contributed by atoms with E-state index in [4.69, 9.17) is 0 Å². The molecule has 0 saturated carbocycles. The lowest BCUT2D eigenvalue weighted by Gasteiger charge is -2.03. The Labute approximate surface area is 87.7 Å². The van der Waals surface area contributed by atoms with Crippen LogP contribution in [0, 0.1) is 12.7 Å². The number of benzene rings is 1. The molecule has 0 aliphatic carbocycles. The average Bonchev–Trinajstić information content (AvgIpc) is 2.18. The van der Waals surface area contributed by atoms with Gasteiger partial charge in [0.2, 0.25) is 0 Å². The maximum atomic E-state index is 13.5. The highest BCUT2D eigenvalue weighted by Crippen LogP contribution is 2.14. The predicted octanol–water partition coefficient (Wildman–Crippen LogP) is 3.07. The van der Waals surface area contributed by atoms with Crippen LogP contribution in [-0.2, 0) is 0 Å². The zero-order chi connectivity index (χ0) is 10.6. The van der Waals surface area contributed by atoms with Crippen molar-refractivity contribution in [2.45, 2.75) is 13.3 Å². The third-order valence-electron chi connectivity index (χ3n) is 2.03. The van der Waals surface area contributed by atoms with E-state index in [0.29, 0.717) is 12.0 Å². The lowest BCUT2D eigenvalue weighted by Crippen LogP contribution is -2.04. The fraction of sp³-hybridized carbons (Fsp3) is 0.364. The number of carbonyl (C=O) groups excluding carboxylic acids is 1. The molecule has 1 aromatic carbocycles. The van der Waals surface area contributed by atoms with Gasteiger partial charge in [-0.25, -0.2) is 4.39 Å². The van der Waals surface area contributed by atoms with E-state index in [1.54, 1.807) is 36.9 Å². The van der Waals surface area contributed by atoms with Crippen LogP contribution in [0.3, 0.4) is 0 Å². The smallest absolute Gasteiger partial charge is 0.166 e. The molecular formula is C11H13FOS. The summed E-state index contributed by atoms with van der Waals surface area (Å²) in [6.45, 7) is 1.67. The molecular weight excluding hydrogens is 199 g/mol. The van der Waals surface area contributed by atoms with Crippen LogP contribution in [0.25, 0.3) is 0 Å². The third kappa shape index (κ3) is 2.58. The summed E-state index contributed by atoms with van der Waals surface area (Å²) >= 11 is 1.59. The van der Waals surface area contributed by atoms with Crippen LogP contribution in [0.2, 0.25) is 0 Å². The fourth-order valence-electron chi connectivity index (χ4n) is 1.19. The van der Waals surface area contributed by atoms with Gasteiger partial charge in [0.1, 0.15) is 5.82 Å². The number of carbonyl (C=O) groups is 1. The van der Waals surface area contributed by atoms with Gasteiger partial charge in [0.05, 0.1) is 5.56 Å². The molecule has 14 heavy (non-hydrogen) atoms. The third-order valence-corrected chi connectivity index (χ3v) is 2.64. The maximum absolute atomic E-state index is 13.5. The molecule has 3 heteroatoms. The Kier molecular flexibility index (Phi) is 4.14. The fourth-order valence-corrected chi connectivity index (χ4v) is 1.58. The Bertz CT molecular complexity index is 336. The number of thioether (sulfide) groups is 1. The van der Waals surface area contributed by atoms with E-state index in [1.165, 1.54) is 0 Å². The van der Waals surface area contributed by atoms with Crippen molar-refractivity contribution in [1.82, 2.24) is 0 Å². The SMILES string of the molecule is CSCCC(=O)c1cccc(C)c1F. The summed E-state index contributed by atoms with van der Waals surface area (Å²) in [5.41, 5.74) is 0.749. The molecule has 76 valence electrons. The van der Waals surface area contributed by atoms with Gasteiger partial charge in [-0.2, -0.15) is 11.8 Å². The lowest BCUT2D eigenvalue weighted by molar-refractivity contribution is 0.0985.